The number of anilines is 3. The van der Waals surface area contributed by atoms with E-state index in [-0.39, 0.29) is 0 Å². The molecular formula is C41H30GeN2. The number of hydrogen-bond acceptors (Lipinski definition) is 1. The summed E-state index contributed by atoms with van der Waals surface area (Å²) >= 11 is -3.36. The fourth-order valence-corrected chi connectivity index (χ4v) is 16.4. The number of rotatable bonds is 7. The fraction of sp³-hybridized carbons (Fsp3) is 0. The molecular weight excluding hydrogens is 593 g/mol. The van der Waals surface area contributed by atoms with E-state index < -0.39 is 13.3 Å². The van der Waals surface area contributed by atoms with E-state index >= 15 is 0 Å². The summed E-state index contributed by atoms with van der Waals surface area (Å²) in [7, 11) is 0. The summed E-state index contributed by atoms with van der Waals surface area (Å²) in [6.07, 6.45) is 0. The van der Waals surface area contributed by atoms with Gasteiger partial charge in [0.15, 0.2) is 0 Å². The molecule has 0 unspecified atom stereocenters. The first-order chi connectivity index (χ1) is 21.8. The Hall–Kier alpha value is -5.37. The van der Waals surface area contributed by atoms with Crippen LogP contribution in [0.1, 0.15) is 0 Å². The third-order valence-electron chi connectivity index (χ3n) is 8.42. The second-order valence-electron chi connectivity index (χ2n) is 10.9. The molecule has 0 aromatic heterocycles. The molecule has 0 N–H and O–H groups in total. The van der Waals surface area contributed by atoms with Gasteiger partial charge in [0.25, 0.3) is 0 Å². The number of benzene rings is 7. The first kappa shape index (κ1) is 27.5. The van der Waals surface area contributed by atoms with E-state index in [0.29, 0.717) is 5.69 Å². The topological polar surface area (TPSA) is 7.60 Å². The molecule has 0 spiro atoms. The normalized spacial score (nSPS) is 11.2. The van der Waals surface area contributed by atoms with Gasteiger partial charge in [-0.15, -0.1) is 0 Å². The van der Waals surface area contributed by atoms with Gasteiger partial charge in [-0.25, -0.2) is 0 Å². The van der Waals surface area contributed by atoms with Gasteiger partial charge in [0.05, 0.1) is 0 Å². The van der Waals surface area contributed by atoms with Crippen LogP contribution < -0.4 is 22.5 Å². The van der Waals surface area contributed by atoms with Crippen molar-refractivity contribution in [3.63, 3.8) is 0 Å². The van der Waals surface area contributed by atoms with Gasteiger partial charge >= 0.3 is 263 Å². The van der Waals surface area contributed by atoms with Gasteiger partial charge in [0, 0.05) is 0 Å². The van der Waals surface area contributed by atoms with Crippen molar-refractivity contribution in [2.45, 2.75) is 0 Å². The molecule has 0 bridgehead atoms. The van der Waals surface area contributed by atoms with Crippen LogP contribution in [-0.4, -0.2) is 13.3 Å². The van der Waals surface area contributed by atoms with Gasteiger partial charge in [0.2, 0.25) is 0 Å². The molecule has 0 atom stereocenters. The average Bonchev–Trinajstić information content (AvgIpc) is 3.11. The van der Waals surface area contributed by atoms with Crippen LogP contribution in [0.5, 0.6) is 0 Å². The Labute approximate surface area is 261 Å². The summed E-state index contributed by atoms with van der Waals surface area (Å²) in [4.78, 5) is 5.94. The van der Waals surface area contributed by atoms with Crippen LogP contribution in [0.25, 0.3) is 15.6 Å². The predicted molar refractivity (Wildman–Crippen MR) is 189 cm³/mol. The standard InChI is InChI=1S/C41H30GeN2/c1-43-37-26-30-39(31-27-37)44(41-23-13-15-32-14-11-12-22-40(32)41)38-28-24-36(25-29-38)42(33-16-5-2-6-17-33,34-18-7-3-8-19-34)35-20-9-4-10-21-35/h2-31H. The molecule has 0 radical (unpaired) electrons. The molecule has 0 aliphatic rings. The van der Waals surface area contributed by atoms with Gasteiger partial charge in [-0.1, -0.05) is 0 Å². The third kappa shape index (κ3) is 4.88. The van der Waals surface area contributed by atoms with Gasteiger partial charge in [-0.2, -0.15) is 0 Å². The number of hydrogen-bond donors (Lipinski definition) is 0. The maximum atomic E-state index is 7.47. The third-order valence-corrected chi connectivity index (χ3v) is 18.5. The summed E-state index contributed by atoms with van der Waals surface area (Å²) in [5.74, 6) is 0. The molecule has 0 aliphatic carbocycles. The van der Waals surface area contributed by atoms with E-state index in [2.05, 4.69) is 167 Å². The van der Waals surface area contributed by atoms with Crippen LogP contribution in [0, 0.1) is 6.57 Å². The Morgan fingerprint density at radius 2 is 0.841 bits per heavy atom. The minimum atomic E-state index is -3.36. The van der Waals surface area contributed by atoms with Crippen molar-refractivity contribution >= 4 is 64.4 Å². The van der Waals surface area contributed by atoms with Crippen LogP contribution in [0.15, 0.2) is 182 Å². The van der Waals surface area contributed by atoms with Crippen LogP contribution in [0.3, 0.4) is 0 Å². The molecule has 7 aromatic carbocycles. The zero-order valence-corrected chi connectivity index (χ0v) is 26.3. The van der Waals surface area contributed by atoms with Gasteiger partial charge < -0.3 is 0 Å². The molecule has 0 heterocycles. The first-order valence-corrected chi connectivity index (χ1v) is 19.0. The molecule has 3 heteroatoms. The first-order valence-electron chi connectivity index (χ1n) is 14.8. The quantitative estimate of drug-likeness (QED) is 0.128. The Bertz CT molecular complexity index is 1950. The molecule has 7 rings (SSSR count). The van der Waals surface area contributed by atoms with E-state index in [9.17, 15) is 0 Å². The second-order valence-corrected chi connectivity index (χ2v) is 18.8. The van der Waals surface area contributed by atoms with E-state index in [1.54, 1.807) is 0 Å². The molecule has 0 saturated carbocycles. The maximum absolute atomic E-state index is 7.47. The van der Waals surface area contributed by atoms with Crippen molar-refractivity contribution in [2.24, 2.45) is 0 Å². The Morgan fingerprint density at radius 1 is 0.409 bits per heavy atom. The summed E-state index contributed by atoms with van der Waals surface area (Å²) in [6.45, 7) is 7.47. The van der Waals surface area contributed by atoms with E-state index in [1.807, 2.05) is 24.3 Å². The zero-order chi connectivity index (χ0) is 29.8. The Kier molecular flexibility index (Phi) is 7.55. The summed E-state index contributed by atoms with van der Waals surface area (Å²) in [5, 5.41) is 2.37. The SMILES string of the molecule is [C-]#[N+]c1ccc(N(c2cc[c]([Ge]([c]3ccccc3)([c]3ccccc3)[c]3ccccc3)cc2)c2cccc3ccccc23)cc1. The van der Waals surface area contributed by atoms with Gasteiger partial charge in [-0.05, 0) is 0 Å². The molecule has 2 nitrogen and oxygen atoms in total. The van der Waals surface area contributed by atoms with Crippen molar-refractivity contribution in [2.75, 3.05) is 4.90 Å². The summed E-state index contributed by atoms with van der Waals surface area (Å²) in [5.41, 5.74) is 3.83. The fourth-order valence-electron chi connectivity index (χ4n) is 6.43. The monoisotopic (exact) mass is 624 g/mol. The number of fused-ring (bicyclic) bond motifs is 1. The molecule has 7 aromatic rings. The van der Waals surface area contributed by atoms with Crippen molar-refractivity contribution < 1.29 is 0 Å². The molecule has 0 amide bonds. The van der Waals surface area contributed by atoms with Crippen LogP contribution in [0.2, 0.25) is 0 Å². The van der Waals surface area contributed by atoms with E-state index in [4.69, 9.17) is 6.57 Å². The van der Waals surface area contributed by atoms with Crippen molar-refractivity contribution in [1.82, 2.24) is 0 Å². The van der Waals surface area contributed by atoms with Gasteiger partial charge in [0.1, 0.15) is 0 Å². The zero-order valence-electron chi connectivity index (χ0n) is 24.2. The van der Waals surface area contributed by atoms with E-state index in [1.165, 1.54) is 28.4 Å². The van der Waals surface area contributed by atoms with Crippen LogP contribution >= 0.6 is 0 Å². The molecule has 44 heavy (non-hydrogen) atoms. The van der Waals surface area contributed by atoms with Crippen molar-refractivity contribution in [3.8, 4) is 0 Å². The number of nitrogens with zero attached hydrogens (tertiary/aromatic N) is 2. The van der Waals surface area contributed by atoms with Crippen molar-refractivity contribution in [1.29, 1.82) is 0 Å². The van der Waals surface area contributed by atoms with Crippen molar-refractivity contribution in [3.05, 3.63) is 193 Å². The predicted octanol–water partition coefficient (Wildman–Crippen LogP) is 8.24. The van der Waals surface area contributed by atoms with Crippen LogP contribution in [-0.2, 0) is 0 Å². The van der Waals surface area contributed by atoms with Crippen LogP contribution in [0.4, 0.5) is 22.7 Å². The molecule has 0 aliphatic heterocycles. The molecule has 0 fully saturated rings. The molecule has 0 saturated heterocycles. The molecule has 208 valence electrons. The van der Waals surface area contributed by atoms with E-state index in [0.717, 1.165) is 17.1 Å². The van der Waals surface area contributed by atoms with Gasteiger partial charge in [-0.3, -0.25) is 0 Å². The second kappa shape index (κ2) is 12.1. The summed E-state index contributed by atoms with van der Waals surface area (Å²) < 4.78 is 5.58. The Morgan fingerprint density at radius 3 is 1.36 bits per heavy atom. The Balaban J connectivity index is 1.45. The summed E-state index contributed by atoms with van der Waals surface area (Å²) in [6, 6.07) is 65.3. The minimum absolute atomic E-state index is 0.633. The average molecular weight is 623 g/mol.